The lowest BCUT2D eigenvalue weighted by atomic mass is 10.1. The SMILES string of the molecule is OCC1CN(c2ncncc2Br)CC1O. The Hall–Kier alpha value is -0.720. The Kier molecular flexibility index (Phi) is 3.18. The van der Waals surface area contributed by atoms with Crippen molar-refractivity contribution in [3.05, 3.63) is 17.0 Å². The molecule has 2 unspecified atom stereocenters. The van der Waals surface area contributed by atoms with E-state index in [-0.39, 0.29) is 12.5 Å². The lowest BCUT2D eigenvalue weighted by molar-refractivity contribution is 0.104. The van der Waals surface area contributed by atoms with Crippen molar-refractivity contribution < 1.29 is 10.2 Å². The maximum Gasteiger partial charge on any atom is 0.146 e. The zero-order valence-electron chi connectivity index (χ0n) is 8.04. The minimum Gasteiger partial charge on any atom is -0.396 e. The summed E-state index contributed by atoms with van der Waals surface area (Å²) in [7, 11) is 0. The highest BCUT2D eigenvalue weighted by Crippen LogP contribution is 2.27. The van der Waals surface area contributed by atoms with Gasteiger partial charge in [-0.15, -0.1) is 0 Å². The van der Waals surface area contributed by atoms with Crippen LogP contribution < -0.4 is 4.90 Å². The van der Waals surface area contributed by atoms with Crippen LogP contribution in [0.1, 0.15) is 0 Å². The average Bonchev–Trinajstić information content (AvgIpc) is 2.60. The molecule has 1 aromatic heterocycles. The zero-order chi connectivity index (χ0) is 10.8. The largest absolute Gasteiger partial charge is 0.396 e. The number of nitrogens with zero attached hydrogens (tertiary/aromatic N) is 3. The Balaban J connectivity index is 2.17. The van der Waals surface area contributed by atoms with Crippen molar-refractivity contribution in [3.63, 3.8) is 0 Å². The Morgan fingerprint density at radius 3 is 2.93 bits per heavy atom. The third-order valence-corrected chi connectivity index (χ3v) is 3.15. The highest BCUT2D eigenvalue weighted by molar-refractivity contribution is 9.10. The number of hydrogen-bond acceptors (Lipinski definition) is 5. The van der Waals surface area contributed by atoms with Gasteiger partial charge in [0.25, 0.3) is 0 Å². The van der Waals surface area contributed by atoms with Crippen molar-refractivity contribution in [1.29, 1.82) is 0 Å². The normalized spacial score (nSPS) is 25.9. The molecule has 0 amide bonds. The predicted octanol–water partition coefficient (Wildman–Crippen LogP) is 0.0285. The van der Waals surface area contributed by atoms with Crippen LogP contribution >= 0.6 is 15.9 Å². The second-order valence-electron chi connectivity index (χ2n) is 3.61. The summed E-state index contributed by atoms with van der Waals surface area (Å²) >= 11 is 3.36. The fraction of sp³-hybridized carbons (Fsp3) is 0.556. The van der Waals surface area contributed by atoms with Gasteiger partial charge in [0.15, 0.2) is 0 Å². The third-order valence-electron chi connectivity index (χ3n) is 2.59. The van der Waals surface area contributed by atoms with E-state index in [0.29, 0.717) is 13.1 Å². The lowest BCUT2D eigenvalue weighted by Crippen LogP contribution is -2.22. The van der Waals surface area contributed by atoms with E-state index in [1.165, 1.54) is 6.33 Å². The van der Waals surface area contributed by atoms with Crippen molar-refractivity contribution in [2.24, 2.45) is 5.92 Å². The summed E-state index contributed by atoms with van der Waals surface area (Å²) in [6.07, 6.45) is 2.65. The fourth-order valence-corrected chi connectivity index (χ4v) is 2.22. The Bertz CT molecular complexity index is 350. The van der Waals surface area contributed by atoms with Gasteiger partial charge in [-0.3, -0.25) is 0 Å². The van der Waals surface area contributed by atoms with Gasteiger partial charge in [0.1, 0.15) is 12.1 Å². The predicted molar refractivity (Wildman–Crippen MR) is 58.5 cm³/mol. The van der Waals surface area contributed by atoms with E-state index >= 15 is 0 Å². The number of rotatable bonds is 2. The first-order chi connectivity index (χ1) is 7.22. The number of halogens is 1. The molecule has 1 saturated heterocycles. The number of β-amino-alcohol motifs (C(OH)–C–C–N with tert-alkyl or cyclic N) is 1. The molecule has 0 aliphatic carbocycles. The maximum absolute atomic E-state index is 9.65. The highest BCUT2D eigenvalue weighted by atomic mass is 79.9. The van der Waals surface area contributed by atoms with Crippen LogP contribution in [0.25, 0.3) is 0 Å². The standard InChI is InChI=1S/C9H12BrN3O2/c10-7-1-11-5-12-9(7)13-2-6(4-14)8(15)3-13/h1,5-6,8,14-15H,2-4H2. The molecule has 0 spiro atoms. The molecule has 2 rings (SSSR count). The molecule has 2 heterocycles. The van der Waals surface area contributed by atoms with Gasteiger partial charge in [0.2, 0.25) is 0 Å². The monoisotopic (exact) mass is 273 g/mol. The maximum atomic E-state index is 9.65. The molecule has 1 aliphatic rings. The molecule has 15 heavy (non-hydrogen) atoms. The van der Waals surface area contributed by atoms with Crippen LogP contribution in [0.2, 0.25) is 0 Å². The van der Waals surface area contributed by atoms with E-state index < -0.39 is 6.10 Å². The van der Waals surface area contributed by atoms with E-state index in [0.717, 1.165) is 10.3 Å². The summed E-state index contributed by atoms with van der Waals surface area (Å²) in [4.78, 5) is 9.96. The van der Waals surface area contributed by atoms with Gasteiger partial charge in [-0.1, -0.05) is 0 Å². The zero-order valence-corrected chi connectivity index (χ0v) is 9.63. The molecule has 6 heteroatoms. The topological polar surface area (TPSA) is 69.5 Å². The summed E-state index contributed by atoms with van der Waals surface area (Å²) in [6, 6.07) is 0. The molecular weight excluding hydrogens is 262 g/mol. The van der Waals surface area contributed by atoms with E-state index in [2.05, 4.69) is 25.9 Å². The number of hydrogen-bond donors (Lipinski definition) is 2. The summed E-state index contributed by atoms with van der Waals surface area (Å²) in [5, 5.41) is 18.7. The van der Waals surface area contributed by atoms with E-state index in [1.807, 2.05) is 4.90 Å². The summed E-state index contributed by atoms with van der Waals surface area (Å²) in [6.45, 7) is 1.12. The molecule has 5 nitrogen and oxygen atoms in total. The lowest BCUT2D eigenvalue weighted by Gasteiger charge is -2.17. The van der Waals surface area contributed by atoms with Crippen LogP contribution in [0.15, 0.2) is 17.0 Å². The van der Waals surface area contributed by atoms with Crippen molar-refractivity contribution in [2.45, 2.75) is 6.10 Å². The molecule has 1 aromatic rings. The summed E-state index contributed by atoms with van der Waals surface area (Å²) < 4.78 is 0.802. The van der Waals surface area contributed by atoms with Gasteiger partial charge in [0.05, 0.1) is 17.2 Å². The second-order valence-corrected chi connectivity index (χ2v) is 4.46. The van der Waals surface area contributed by atoms with Crippen LogP contribution in [0.3, 0.4) is 0 Å². The van der Waals surface area contributed by atoms with Gasteiger partial charge in [-0.2, -0.15) is 0 Å². The molecule has 2 atom stereocenters. The van der Waals surface area contributed by atoms with Crippen molar-refractivity contribution in [3.8, 4) is 0 Å². The molecule has 1 aliphatic heterocycles. The van der Waals surface area contributed by atoms with Crippen LogP contribution in [-0.2, 0) is 0 Å². The molecular formula is C9H12BrN3O2. The second kappa shape index (κ2) is 4.42. The highest BCUT2D eigenvalue weighted by Gasteiger charge is 2.32. The Morgan fingerprint density at radius 1 is 1.53 bits per heavy atom. The summed E-state index contributed by atoms with van der Waals surface area (Å²) in [5.41, 5.74) is 0. The number of aliphatic hydroxyl groups excluding tert-OH is 2. The van der Waals surface area contributed by atoms with Crippen LogP contribution in [-0.4, -0.2) is 46.0 Å². The number of aromatic nitrogens is 2. The molecule has 0 aromatic carbocycles. The molecule has 1 fully saturated rings. The average molecular weight is 274 g/mol. The minimum atomic E-state index is -0.489. The van der Waals surface area contributed by atoms with Gasteiger partial charge in [0, 0.05) is 25.2 Å². The van der Waals surface area contributed by atoms with Crippen molar-refractivity contribution >= 4 is 21.7 Å². The van der Waals surface area contributed by atoms with E-state index in [4.69, 9.17) is 5.11 Å². The van der Waals surface area contributed by atoms with Gasteiger partial charge < -0.3 is 15.1 Å². The fourth-order valence-electron chi connectivity index (χ4n) is 1.75. The van der Waals surface area contributed by atoms with E-state index in [1.54, 1.807) is 6.20 Å². The molecule has 0 bridgehead atoms. The van der Waals surface area contributed by atoms with Crippen molar-refractivity contribution in [2.75, 3.05) is 24.6 Å². The van der Waals surface area contributed by atoms with Crippen LogP contribution in [0.4, 0.5) is 5.82 Å². The molecule has 2 N–H and O–H groups in total. The van der Waals surface area contributed by atoms with Gasteiger partial charge in [-0.05, 0) is 15.9 Å². The Labute approximate surface area is 95.9 Å². The molecule has 0 saturated carbocycles. The number of aliphatic hydroxyl groups is 2. The van der Waals surface area contributed by atoms with Crippen molar-refractivity contribution in [1.82, 2.24) is 9.97 Å². The van der Waals surface area contributed by atoms with Gasteiger partial charge in [-0.25, -0.2) is 9.97 Å². The van der Waals surface area contributed by atoms with Crippen LogP contribution in [0, 0.1) is 5.92 Å². The number of anilines is 1. The van der Waals surface area contributed by atoms with Gasteiger partial charge >= 0.3 is 0 Å². The minimum absolute atomic E-state index is 0.000366. The first-order valence-electron chi connectivity index (χ1n) is 4.71. The smallest absolute Gasteiger partial charge is 0.146 e. The molecule has 82 valence electrons. The first kappa shape index (κ1) is 10.8. The first-order valence-corrected chi connectivity index (χ1v) is 5.51. The van der Waals surface area contributed by atoms with E-state index in [9.17, 15) is 5.11 Å². The quantitative estimate of drug-likeness (QED) is 0.796. The van der Waals surface area contributed by atoms with Crippen LogP contribution in [0.5, 0.6) is 0 Å². The summed E-state index contributed by atoms with van der Waals surface area (Å²) in [5.74, 6) is 0.673. The Morgan fingerprint density at radius 2 is 2.33 bits per heavy atom. The third kappa shape index (κ3) is 2.11. The molecule has 0 radical (unpaired) electrons.